The van der Waals surface area contributed by atoms with Gasteiger partial charge in [0.25, 0.3) is 0 Å². The number of amides is 1. The van der Waals surface area contributed by atoms with Crippen molar-refractivity contribution in [1.82, 2.24) is 5.32 Å². The fourth-order valence-electron chi connectivity index (χ4n) is 2.71. The molecule has 0 saturated heterocycles. The van der Waals surface area contributed by atoms with Crippen LogP contribution >= 0.6 is 0 Å². The van der Waals surface area contributed by atoms with Gasteiger partial charge < -0.3 is 10.2 Å². The Bertz CT molecular complexity index is 482. The van der Waals surface area contributed by atoms with E-state index in [0.717, 1.165) is 30.0 Å². The summed E-state index contributed by atoms with van der Waals surface area (Å²) in [7, 11) is 4.03. The number of benzene rings is 1. The second-order valence-corrected chi connectivity index (χ2v) is 6.28. The molecule has 1 N–H and O–H groups in total. The molecule has 3 nitrogen and oxygen atoms in total. The van der Waals surface area contributed by atoms with Crippen molar-refractivity contribution >= 4 is 17.7 Å². The largest absolute Gasteiger partial charge is 0.378 e. The van der Waals surface area contributed by atoms with Crippen molar-refractivity contribution < 1.29 is 4.79 Å². The number of nitrogens with zero attached hydrogens (tertiary/aromatic N) is 1. The average molecular weight is 286 g/mol. The number of nitrogens with one attached hydrogen (secondary N) is 1. The van der Waals surface area contributed by atoms with Crippen molar-refractivity contribution in [3.8, 4) is 0 Å². The van der Waals surface area contributed by atoms with Crippen LogP contribution in [0.3, 0.4) is 0 Å². The summed E-state index contributed by atoms with van der Waals surface area (Å²) >= 11 is 0. The number of rotatable bonds is 4. The van der Waals surface area contributed by atoms with Gasteiger partial charge in [0, 0.05) is 31.9 Å². The maximum atomic E-state index is 11.9. The zero-order chi connectivity index (χ0) is 15.2. The van der Waals surface area contributed by atoms with Gasteiger partial charge in [0.15, 0.2) is 0 Å². The van der Waals surface area contributed by atoms with Gasteiger partial charge in [-0.25, -0.2) is 0 Å². The SMILES string of the molecule is CC1CCC(NC(=O)/C=C/c2ccc(N(C)C)cc2)CC1. The lowest BCUT2D eigenvalue weighted by Gasteiger charge is -2.26. The maximum absolute atomic E-state index is 11.9. The molecule has 114 valence electrons. The quantitative estimate of drug-likeness (QED) is 0.860. The van der Waals surface area contributed by atoms with E-state index in [1.54, 1.807) is 6.08 Å². The Morgan fingerprint density at radius 2 is 1.76 bits per heavy atom. The lowest BCUT2D eigenvalue weighted by molar-refractivity contribution is -0.117. The molecule has 2 rings (SSSR count). The van der Waals surface area contributed by atoms with E-state index in [1.165, 1.54) is 12.8 Å². The predicted molar refractivity (Wildman–Crippen MR) is 89.4 cm³/mol. The Labute approximate surface area is 128 Å². The zero-order valence-corrected chi connectivity index (χ0v) is 13.3. The highest BCUT2D eigenvalue weighted by Crippen LogP contribution is 2.23. The lowest BCUT2D eigenvalue weighted by atomic mass is 9.87. The van der Waals surface area contributed by atoms with Crippen LogP contribution in [-0.4, -0.2) is 26.0 Å². The van der Waals surface area contributed by atoms with Crippen molar-refractivity contribution in [2.45, 2.75) is 38.6 Å². The van der Waals surface area contributed by atoms with Gasteiger partial charge >= 0.3 is 0 Å². The van der Waals surface area contributed by atoms with Crippen molar-refractivity contribution in [2.75, 3.05) is 19.0 Å². The molecule has 3 heteroatoms. The van der Waals surface area contributed by atoms with Crippen molar-refractivity contribution in [2.24, 2.45) is 5.92 Å². The third-order valence-electron chi connectivity index (χ3n) is 4.20. The summed E-state index contributed by atoms with van der Waals surface area (Å²) in [6, 6.07) is 8.53. The summed E-state index contributed by atoms with van der Waals surface area (Å²) in [5.74, 6) is 0.829. The van der Waals surface area contributed by atoms with Gasteiger partial charge in [-0.1, -0.05) is 19.1 Å². The minimum Gasteiger partial charge on any atom is -0.378 e. The number of carbonyl (C=O) groups is 1. The van der Waals surface area contributed by atoms with E-state index in [0.29, 0.717) is 6.04 Å². The first-order valence-electron chi connectivity index (χ1n) is 7.80. The molecule has 1 saturated carbocycles. The van der Waals surface area contributed by atoms with Gasteiger partial charge in [-0.2, -0.15) is 0 Å². The Morgan fingerprint density at radius 1 is 1.14 bits per heavy atom. The molecule has 1 amide bonds. The van der Waals surface area contributed by atoms with E-state index in [-0.39, 0.29) is 5.91 Å². The molecule has 1 fully saturated rings. The van der Waals surface area contributed by atoms with Crippen LogP contribution in [0.4, 0.5) is 5.69 Å². The van der Waals surface area contributed by atoms with Crippen LogP contribution in [0.15, 0.2) is 30.3 Å². The molecule has 1 aromatic carbocycles. The van der Waals surface area contributed by atoms with Gasteiger partial charge in [-0.05, 0) is 55.4 Å². The molecule has 21 heavy (non-hydrogen) atoms. The van der Waals surface area contributed by atoms with E-state index in [1.807, 2.05) is 32.3 Å². The Balaban J connectivity index is 1.84. The summed E-state index contributed by atoms with van der Waals surface area (Å²) in [5, 5.41) is 3.11. The normalized spacial score (nSPS) is 22.2. The van der Waals surface area contributed by atoms with Gasteiger partial charge in [-0.3, -0.25) is 4.79 Å². The Morgan fingerprint density at radius 3 is 2.33 bits per heavy atom. The van der Waals surface area contributed by atoms with E-state index < -0.39 is 0 Å². The molecular formula is C18H26N2O. The second-order valence-electron chi connectivity index (χ2n) is 6.28. The molecule has 0 spiro atoms. The van der Waals surface area contributed by atoms with E-state index >= 15 is 0 Å². The minimum absolute atomic E-state index is 0.0197. The lowest BCUT2D eigenvalue weighted by Crippen LogP contribution is -2.36. The molecule has 0 radical (unpaired) electrons. The number of carbonyl (C=O) groups excluding carboxylic acids is 1. The summed E-state index contributed by atoms with van der Waals surface area (Å²) < 4.78 is 0. The monoisotopic (exact) mass is 286 g/mol. The molecule has 0 atom stereocenters. The van der Waals surface area contributed by atoms with E-state index in [4.69, 9.17) is 0 Å². The average Bonchev–Trinajstić information content (AvgIpc) is 2.48. The van der Waals surface area contributed by atoms with Crippen LogP contribution in [0.1, 0.15) is 38.2 Å². The standard InChI is InChI=1S/C18H26N2O/c1-14-4-9-16(10-5-14)19-18(21)13-8-15-6-11-17(12-7-15)20(2)3/h6-8,11-14,16H,4-5,9-10H2,1-3H3,(H,19,21)/b13-8+. The molecule has 1 aliphatic carbocycles. The van der Waals surface area contributed by atoms with Crippen LogP contribution < -0.4 is 10.2 Å². The van der Waals surface area contributed by atoms with Gasteiger partial charge in [0.05, 0.1) is 0 Å². The van der Waals surface area contributed by atoms with Crippen LogP contribution in [-0.2, 0) is 4.79 Å². The van der Waals surface area contributed by atoms with Crippen molar-refractivity contribution in [1.29, 1.82) is 0 Å². The predicted octanol–water partition coefficient (Wildman–Crippen LogP) is 3.46. The molecule has 0 heterocycles. The van der Waals surface area contributed by atoms with Gasteiger partial charge in [0.2, 0.25) is 5.91 Å². The molecule has 0 aliphatic heterocycles. The third kappa shape index (κ3) is 4.92. The highest BCUT2D eigenvalue weighted by molar-refractivity contribution is 5.91. The van der Waals surface area contributed by atoms with Crippen LogP contribution in [0.25, 0.3) is 6.08 Å². The number of anilines is 1. The van der Waals surface area contributed by atoms with Crippen molar-refractivity contribution in [3.05, 3.63) is 35.9 Å². The first-order valence-corrected chi connectivity index (χ1v) is 7.80. The summed E-state index contributed by atoms with van der Waals surface area (Å²) in [4.78, 5) is 14.0. The summed E-state index contributed by atoms with van der Waals surface area (Å²) in [6.45, 7) is 2.29. The topological polar surface area (TPSA) is 32.3 Å². The molecular weight excluding hydrogens is 260 g/mol. The van der Waals surface area contributed by atoms with Crippen LogP contribution in [0, 0.1) is 5.92 Å². The first-order chi connectivity index (χ1) is 10.0. The van der Waals surface area contributed by atoms with Gasteiger partial charge in [-0.15, -0.1) is 0 Å². The molecule has 1 aromatic rings. The molecule has 1 aliphatic rings. The highest BCUT2D eigenvalue weighted by atomic mass is 16.1. The fraction of sp³-hybridized carbons (Fsp3) is 0.500. The van der Waals surface area contributed by atoms with Crippen LogP contribution in [0.2, 0.25) is 0 Å². The van der Waals surface area contributed by atoms with E-state index in [2.05, 4.69) is 29.3 Å². The zero-order valence-electron chi connectivity index (χ0n) is 13.3. The smallest absolute Gasteiger partial charge is 0.244 e. The summed E-state index contributed by atoms with van der Waals surface area (Å²) in [5.41, 5.74) is 2.21. The third-order valence-corrected chi connectivity index (χ3v) is 4.20. The molecule has 0 unspecified atom stereocenters. The summed E-state index contributed by atoms with van der Waals surface area (Å²) in [6.07, 6.45) is 8.18. The Hall–Kier alpha value is -1.77. The number of hydrogen-bond acceptors (Lipinski definition) is 2. The maximum Gasteiger partial charge on any atom is 0.244 e. The minimum atomic E-state index is 0.0197. The van der Waals surface area contributed by atoms with Gasteiger partial charge in [0.1, 0.15) is 0 Å². The van der Waals surface area contributed by atoms with Crippen molar-refractivity contribution in [3.63, 3.8) is 0 Å². The number of hydrogen-bond donors (Lipinski definition) is 1. The Kier molecular flexibility index (Phi) is 5.43. The molecule has 0 aromatic heterocycles. The molecule has 0 bridgehead atoms. The fourth-order valence-corrected chi connectivity index (χ4v) is 2.71. The van der Waals surface area contributed by atoms with E-state index in [9.17, 15) is 4.79 Å². The second kappa shape index (κ2) is 7.30. The highest BCUT2D eigenvalue weighted by Gasteiger charge is 2.18. The van der Waals surface area contributed by atoms with Crippen LogP contribution in [0.5, 0.6) is 0 Å². The first kappa shape index (κ1) is 15.6.